The fourth-order valence-electron chi connectivity index (χ4n) is 1.35. The van der Waals surface area contributed by atoms with Crippen LogP contribution in [0.4, 0.5) is 0 Å². The number of nitrogens with zero attached hydrogens (tertiary/aromatic N) is 1. The SMILES string of the molecule is CNC(=O)c1cnc(C(N)=O)c(OC2CC2)c1. The average molecular weight is 235 g/mol. The highest BCUT2D eigenvalue weighted by Gasteiger charge is 2.26. The summed E-state index contributed by atoms with van der Waals surface area (Å²) < 4.78 is 5.51. The van der Waals surface area contributed by atoms with Crippen LogP contribution >= 0.6 is 0 Å². The minimum absolute atomic E-state index is 0.0598. The lowest BCUT2D eigenvalue weighted by Crippen LogP contribution is -2.20. The molecule has 0 bridgehead atoms. The molecule has 2 amide bonds. The average Bonchev–Trinajstić information content (AvgIpc) is 3.11. The van der Waals surface area contributed by atoms with Crippen molar-refractivity contribution in [1.29, 1.82) is 0 Å². The highest BCUT2D eigenvalue weighted by atomic mass is 16.5. The molecule has 0 aliphatic heterocycles. The molecule has 1 aromatic rings. The Bertz CT molecular complexity index is 469. The maximum atomic E-state index is 11.4. The van der Waals surface area contributed by atoms with E-state index in [9.17, 15) is 9.59 Å². The first-order valence-corrected chi connectivity index (χ1v) is 5.30. The van der Waals surface area contributed by atoms with E-state index in [4.69, 9.17) is 10.5 Å². The van der Waals surface area contributed by atoms with Crippen molar-refractivity contribution in [2.75, 3.05) is 7.05 Å². The van der Waals surface area contributed by atoms with Gasteiger partial charge in [-0.25, -0.2) is 4.98 Å². The van der Waals surface area contributed by atoms with E-state index in [-0.39, 0.29) is 23.5 Å². The molecule has 6 nitrogen and oxygen atoms in total. The fourth-order valence-corrected chi connectivity index (χ4v) is 1.35. The van der Waals surface area contributed by atoms with Gasteiger partial charge in [0.15, 0.2) is 11.4 Å². The van der Waals surface area contributed by atoms with Gasteiger partial charge in [-0.05, 0) is 18.9 Å². The number of aromatic nitrogens is 1. The molecule has 0 atom stereocenters. The number of ether oxygens (including phenoxy) is 1. The first-order valence-electron chi connectivity index (χ1n) is 5.30. The number of hydrogen-bond acceptors (Lipinski definition) is 4. The first kappa shape index (κ1) is 11.4. The first-order chi connectivity index (χ1) is 8.11. The third kappa shape index (κ3) is 2.52. The van der Waals surface area contributed by atoms with Crippen LogP contribution in [0.3, 0.4) is 0 Å². The summed E-state index contributed by atoms with van der Waals surface area (Å²) in [6, 6.07) is 1.49. The number of carbonyl (C=O) groups excluding carboxylic acids is 2. The van der Waals surface area contributed by atoms with Crippen LogP contribution in [0.5, 0.6) is 5.75 Å². The molecule has 1 saturated carbocycles. The normalized spacial score (nSPS) is 14.2. The minimum atomic E-state index is -0.663. The second-order valence-corrected chi connectivity index (χ2v) is 3.83. The largest absolute Gasteiger partial charge is 0.488 e. The van der Waals surface area contributed by atoms with Gasteiger partial charge >= 0.3 is 0 Å². The van der Waals surface area contributed by atoms with Crippen LogP contribution in [-0.2, 0) is 0 Å². The summed E-state index contributed by atoms with van der Waals surface area (Å²) in [5.41, 5.74) is 5.59. The van der Waals surface area contributed by atoms with E-state index in [2.05, 4.69) is 10.3 Å². The van der Waals surface area contributed by atoms with Crippen molar-refractivity contribution >= 4 is 11.8 Å². The monoisotopic (exact) mass is 235 g/mol. The van der Waals surface area contributed by atoms with Crippen molar-refractivity contribution in [3.05, 3.63) is 23.5 Å². The van der Waals surface area contributed by atoms with Crippen LogP contribution in [-0.4, -0.2) is 29.9 Å². The molecule has 6 heteroatoms. The number of carbonyl (C=O) groups is 2. The quantitative estimate of drug-likeness (QED) is 0.772. The maximum absolute atomic E-state index is 11.4. The van der Waals surface area contributed by atoms with Crippen molar-refractivity contribution in [3.63, 3.8) is 0 Å². The summed E-state index contributed by atoms with van der Waals surface area (Å²) in [6.07, 6.45) is 3.30. The van der Waals surface area contributed by atoms with E-state index in [0.717, 1.165) is 12.8 Å². The Morgan fingerprint density at radius 2 is 2.24 bits per heavy atom. The summed E-state index contributed by atoms with van der Waals surface area (Å²) in [5.74, 6) is -0.667. The van der Waals surface area contributed by atoms with Crippen molar-refractivity contribution in [2.45, 2.75) is 18.9 Å². The third-order valence-corrected chi connectivity index (χ3v) is 2.39. The van der Waals surface area contributed by atoms with Gasteiger partial charge in [0, 0.05) is 13.2 Å². The number of nitrogens with one attached hydrogen (secondary N) is 1. The lowest BCUT2D eigenvalue weighted by atomic mass is 10.2. The summed E-state index contributed by atoms with van der Waals surface area (Å²) >= 11 is 0. The summed E-state index contributed by atoms with van der Waals surface area (Å²) in [7, 11) is 1.52. The van der Waals surface area contributed by atoms with Crippen molar-refractivity contribution in [2.24, 2.45) is 5.73 Å². The van der Waals surface area contributed by atoms with E-state index in [0.29, 0.717) is 5.56 Å². The van der Waals surface area contributed by atoms with E-state index in [1.807, 2.05) is 0 Å². The number of nitrogens with two attached hydrogens (primary N) is 1. The van der Waals surface area contributed by atoms with Gasteiger partial charge in [0.05, 0.1) is 11.7 Å². The van der Waals surface area contributed by atoms with Gasteiger partial charge in [0.2, 0.25) is 0 Å². The number of hydrogen-bond donors (Lipinski definition) is 2. The number of primary amides is 1. The Morgan fingerprint density at radius 1 is 1.53 bits per heavy atom. The molecule has 1 aromatic heterocycles. The molecular formula is C11H13N3O3. The van der Waals surface area contributed by atoms with Crippen LogP contribution < -0.4 is 15.8 Å². The van der Waals surface area contributed by atoms with Crippen molar-refractivity contribution < 1.29 is 14.3 Å². The number of rotatable bonds is 4. The lowest BCUT2D eigenvalue weighted by molar-refractivity contribution is 0.0956. The van der Waals surface area contributed by atoms with E-state index in [1.165, 1.54) is 19.3 Å². The van der Waals surface area contributed by atoms with Crippen LogP contribution in [0.1, 0.15) is 33.7 Å². The zero-order valence-corrected chi connectivity index (χ0v) is 9.40. The van der Waals surface area contributed by atoms with Gasteiger partial charge in [-0.1, -0.05) is 0 Å². The standard InChI is InChI=1S/C11H13N3O3/c1-13-11(16)6-4-8(17-7-2-3-7)9(10(12)15)14-5-6/h4-5,7H,2-3H2,1H3,(H2,12,15)(H,13,16). The molecule has 0 aromatic carbocycles. The van der Waals surface area contributed by atoms with E-state index in [1.54, 1.807) is 0 Å². The van der Waals surface area contributed by atoms with Crippen LogP contribution in [0.25, 0.3) is 0 Å². The molecule has 2 rings (SSSR count). The Labute approximate surface area is 98.2 Å². The topological polar surface area (TPSA) is 94.3 Å². The predicted octanol–water partition coefficient (Wildman–Crippen LogP) is 0.0813. The van der Waals surface area contributed by atoms with Gasteiger partial charge in [0.1, 0.15) is 0 Å². The predicted molar refractivity (Wildman–Crippen MR) is 59.8 cm³/mol. The molecular weight excluding hydrogens is 222 g/mol. The van der Waals surface area contributed by atoms with Gasteiger partial charge < -0.3 is 15.8 Å². The smallest absolute Gasteiger partial charge is 0.271 e. The van der Waals surface area contributed by atoms with Crippen LogP contribution in [0.2, 0.25) is 0 Å². The molecule has 0 saturated heterocycles. The maximum Gasteiger partial charge on any atom is 0.271 e. The Balaban J connectivity index is 2.34. The molecule has 0 unspecified atom stereocenters. The molecule has 17 heavy (non-hydrogen) atoms. The van der Waals surface area contributed by atoms with Crippen LogP contribution in [0, 0.1) is 0 Å². The number of pyridine rings is 1. The summed E-state index contributed by atoms with van der Waals surface area (Å²) in [6.45, 7) is 0. The Hall–Kier alpha value is -2.11. The van der Waals surface area contributed by atoms with E-state index >= 15 is 0 Å². The molecule has 3 N–H and O–H groups in total. The highest BCUT2D eigenvalue weighted by Crippen LogP contribution is 2.28. The second-order valence-electron chi connectivity index (χ2n) is 3.83. The molecule has 1 aliphatic carbocycles. The zero-order valence-electron chi connectivity index (χ0n) is 9.40. The van der Waals surface area contributed by atoms with E-state index < -0.39 is 5.91 Å². The lowest BCUT2D eigenvalue weighted by Gasteiger charge is -2.09. The second kappa shape index (κ2) is 4.40. The van der Waals surface area contributed by atoms with Crippen molar-refractivity contribution in [3.8, 4) is 5.75 Å². The minimum Gasteiger partial charge on any atom is -0.488 e. The molecule has 90 valence electrons. The molecule has 1 fully saturated rings. The Morgan fingerprint density at radius 3 is 2.76 bits per heavy atom. The molecule has 1 aliphatic rings. The summed E-state index contributed by atoms with van der Waals surface area (Å²) in [5, 5.41) is 2.48. The fraction of sp³-hybridized carbons (Fsp3) is 0.364. The van der Waals surface area contributed by atoms with Gasteiger partial charge in [0.25, 0.3) is 11.8 Å². The van der Waals surface area contributed by atoms with Crippen LogP contribution in [0.15, 0.2) is 12.3 Å². The van der Waals surface area contributed by atoms with Gasteiger partial charge in [-0.15, -0.1) is 0 Å². The molecule has 0 spiro atoms. The third-order valence-electron chi connectivity index (χ3n) is 2.39. The molecule has 1 heterocycles. The summed E-state index contributed by atoms with van der Waals surface area (Å²) in [4.78, 5) is 26.4. The zero-order chi connectivity index (χ0) is 12.4. The van der Waals surface area contributed by atoms with Gasteiger partial charge in [-0.3, -0.25) is 9.59 Å². The Kier molecular flexibility index (Phi) is 2.95. The van der Waals surface area contributed by atoms with Crippen molar-refractivity contribution in [1.82, 2.24) is 10.3 Å². The molecule has 0 radical (unpaired) electrons. The number of amides is 2. The van der Waals surface area contributed by atoms with Gasteiger partial charge in [-0.2, -0.15) is 0 Å². The highest BCUT2D eigenvalue weighted by molar-refractivity contribution is 5.97.